The summed E-state index contributed by atoms with van der Waals surface area (Å²) in [6.07, 6.45) is 2.26. The van der Waals surface area contributed by atoms with E-state index in [0.29, 0.717) is 11.6 Å². The van der Waals surface area contributed by atoms with Crippen LogP contribution in [0.4, 0.5) is 0 Å². The number of hydrogen-bond acceptors (Lipinski definition) is 2. The number of aromatic carboxylic acids is 1. The Labute approximate surface area is 69.6 Å². The van der Waals surface area contributed by atoms with Gasteiger partial charge in [-0.3, -0.25) is 0 Å². The first-order valence-corrected chi connectivity index (χ1v) is 3.98. The molecular formula is C8H10N2O2. The Kier molecular flexibility index (Phi) is 1.43. The van der Waals surface area contributed by atoms with Crippen molar-refractivity contribution in [3.05, 3.63) is 17.2 Å². The van der Waals surface area contributed by atoms with Gasteiger partial charge in [0.05, 0.1) is 0 Å². The van der Waals surface area contributed by atoms with E-state index in [1.807, 2.05) is 0 Å². The van der Waals surface area contributed by atoms with E-state index in [0.717, 1.165) is 18.7 Å². The molecule has 1 aromatic rings. The molecule has 0 saturated heterocycles. The molecule has 4 nitrogen and oxygen atoms in total. The van der Waals surface area contributed by atoms with Crippen LogP contribution in [0.3, 0.4) is 0 Å². The van der Waals surface area contributed by atoms with Crippen molar-refractivity contribution in [3.63, 3.8) is 0 Å². The van der Waals surface area contributed by atoms with Gasteiger partial charge in [0, 0.05) is 11.6 Å². The summed E-state index contributed by atoms with van der Waals surface area (Å²) in [5.41, 5.74) is 0.821. The van der Waals surface area contributed by atoms with Crippen LogP contribution in [0.25, 0.3) is 0 Å². The predicted molar refractivity (Wildman–Crippen MR) is 42.3 cm³/mol. The van der Waals surface area contributed by atoms with E-state index in [-0.39, 0.29) is 5.69 Å². The molecule has 1 fully saturated rings. The number of aromatic nitrogens is 2. The van der Waals surface area contributed by atoms with Gasteiger partial charge in [-0.2, -0.15) is 0 Å². The topological polar surface area (TPSA) is 66.0 Å². The first-order chi connectivity index (χ1) is 5.68. The van der Waals surface area contributed by atoms with Gasteiger partial charge in [-0.15, -0.1) is 0 Å². The Bertz CT molecular complexity index is 326. The maximum Gasteiger partial charge on any atom is 0.356 e. The number of nitrogens with one attached hydrogen (secondary N) is 1. The quantitative estimate of drug-likeness (QED) is 0.695. The van der Waals surface area contributed by atoms with Gasteiger partial charge >= 0.3 is 5.97 Å². The van der Waals surface area contributed by atoms with Gasteiger partial charge in [0.2, 0.25) is 0 Å². The second-order valence-corrected chi connectivity index (χ2v) is 3.18. The molecule has 0 unspecified atom stereocenters. The number of carboxylic acids is 1. The molecule has 64 valence electrons. The lowest BCUT2D eigenvalue weighted by molar-refractivity contribution is 0.0690. The van der Waals surface area contributed by atoms with Crippen LogP contribution in [0.15, 0.2) is 0 Å². The van der Waals surface area contributed by atoms with Crippen LogP contribution >= 0.6 is 0 Å². The molecule has 1 saturated carbocycles. The highest BCUT2D eigenvalue weighted by Gasteiger charge is 2.28. The molecule has 0 radical (unpaired) electrons. The smallest absolute Gasteiger partial charge is 0.356 e. The number of aryl methyl sites for hydroxylation is 1. The minimum absolute atomic E-state index is 0.164. The number of H-pyrrole nitrogens is 1. The fourth-order valence-corrected chi connectivity index (χ4v) is 1.24. The van der Waals surface area contributed by atoms with Gasteiger partial charge in [-0.25, -0.2) is 9.78 Å². The Morgan fingerprint density at radius 3 is 2.75 bits per heavy atom. The Morgan fingerprint density at radius 2 is 2.33 bits per heavy atom. The van der Waals surface area contributed by atoms with E-state index in [9.17, 15) is 4.79 Å². The minimum Gasteiger partial charge on any atom is -0.476 e. The molecule has 4 heteroatoms. The maximum atomic E-state index is 10.6. The number of carboxylic acid groups (broad SMARTS) is 1. The number of nitrogens with zero attached hydrogens (tertiary/aromatic N) is 1. The molecule has 0 amide bonds. The second-order valence-electron chi connectivity index (χ2n) is 3.18. The van der Waals surface area contributed by atoms with Crippen LogP contribution in [0.1, 0.15) is 40.8 Å². The summed E-state index contributed by atoms with van der Waals surface area (Å²) in [7, 11) is 0. The lowest BCUT2D eigenvalue weighted by Crippen LogP contribution is -1.98. The Balaban J connectivity index is 2.36. The van der Waals surface area contributed by atoms with E-state index < -0.39 is 5.97 Å². The van der Waals surface area contributed by atoms with Crippen LogP contribution in [0.5, 0.6) is 0 Å². The van der Waals surface area contributed by atoms with Crippen molar-refractivity contribution in [1.29, 1.82) is 0 Å². The summed E-state index contributed by atoms with van der Waals surface area (Å²) in [4.78, 5) is 17.6. The third-order valence-corrected chi connectivity index (χ3v) is 2.07. The van der Waals surface area contributed by atoms with Crippen molar-refractivity contribution in [3.8, 4) is 0 Å². The van der Waals surface area contributed by atoms with Gasteiger partial charge in [0.25, 0.3) is 0 Å². The maximum absolute atomic E-state index is 10.6. The van der Waals surface area contributed by atoms with Crippen LogP contribution in [0.2, 0.25) is 0 Å². The summed E-state index contributed by atoms with van der Waals surface area (Å²) in [5, 5.41) is 8.70. The predicted octanol–water partition coefficient (Wildman–Crippen LogP) is 1.29. The summed E-state index contributed by atoms with van der Waals surface area (Å²) in [6, 6.07) is 0. The molecule has 0 atom stereocenters. The zero-order valence-electron chi connectivity index (χ0n) is 6.79. The van der Waals surface area contributed by atoms with Gasteiger partial charge < -0.3 is 10.1 Å². The average Bonchev–Trinajstić information content (AvgIpc) is 2.75. The fourth-order valence-electron chi connectivity index (χ4n) is 1.24. The van der Waals surface area contributed by atoms with E-state index in [4.69, 9.17) is 5.11 Å². The normalized spacial score (nSPS) is 16.4. The molecule has 2 N–H and O–H groups in total. The Morgan fingerprint density at radius 1 is 1.67 bits per heavy atom. The van der Waals surface area contributed by atoms with Crippen LogP contribution in [-0.2, 0) is 0 Å². The molecule has 2 rings (SSSR count). The van der Waals surface area contributed by atoms with E-state index in [1.165, 1.54) is 0 Å². The number of imidazole rings is 1. The number of carbonyl (C=O) groups is 1. The standard InChI is InChI=1S/C8H10N2O2/c1-4-6(8(11)12)10-7(9-4)5-2-3-5/h5H,2-3H2,1H3,(H,9,10)(H,11,12). The van der Waals surface area contributed by atoms with Crippen molar-refractivity contribution in [2.75, 3.05) is 0 Å². The average molecular weight is 166 g/mol. The van der Waals surface area contributed by atoms with Gasteiger partial charge in [-0.1, -0.05) is 0 Å². The van der Waals surface area contributed by atoms with Crippen molar-refractivity contribution in [2.45, 2.75) is 25.7 Å². The van der Waals surface area contributed by atoms with E-state index in [1.54, 1.807) is 6.92 Å². The zero-order chi connectivity index (χ0) is 8.72. The molecule has 1 aliphatic rings. The van der Waals surface area contributed by atoms with Gasteiger partial charge in [0.15, 0.2) is 5.69 Å². The van der Waals surface area contributed by atoms with Crippen LogP contribution < -0.4 is 0 Å². The summed E-state index contributed by atoms with van der Waals surface area (Å²) in [5.74, 6) is 0.373. The first-order valence-electron chi connectivity index (χ1n) is 3.98. The van der Waals surface area contributed by atoms with E-state index in [2.05, 4.69) is 9.97 Å². The minimum atomic E-state index is -0.948. The summed E-state index contributed by atoms with van der Waals surface area (Å²) in [6.45, 7) is 1.74. The van der Waals surface area contributed by atoms with Gasteiger partial charge in [-0.05, 0) is 19.8 Å². The summed E-state index contributed by atoms with van der Waals surface area (Å²) >= 11 is 0. The molecule has 0 spiro atoms. The molecule has 0 aliphatic heterocycles. The number of rotatable bonds is 2. The third kappa shape index (κ3) is 1.09. The fraction of sp³-hybridized carbons (Fsp3) is 0.500. The molecular weight excluding hydrogens is 156 g/mol. The molecule has 12 heavy (non-hydrogen) atoms. The number of hydrogen-bond donors (Lipinski definition) is 2. The first kappa shape index (κ1) is 7.34. The van der Waals surface area contributed by atoms with Crippen LogP contribution in [-0.4, -0.2) is 21.0 Å². The lowest BCUT2D eigenvalue weighted by Gasteiger charge is -1.85. The van der Waals surface area contributed by atoms with Crippen molar-refractivity contribution < 1.29 is 9.90 Å². The van der Waals surface area contributed by atoms with E-state index >= 15 is 0 Å². The highest BCUT2D eigenvalue weighted by atomic mass is 16.4. The summed E-state index contributed by atoms with van der Waals surface area (Å²) < 4.78 is 0. The molecule has 1 heterocycles. The monoisotopic (exact) mass is 166 g/mol. The van der Waals surface area contributed by atoms with Crippen molar-refractivity contribution in [1.82, 2.24) is 9.97 Å². The second kappa shape index (κ2) is 2.33. The third-order valence-electron chi connectivity index (χ3n) is 2.07. The van der Waals surface area contributed by atoms with Gasteiger partial charge in [0.1, 0.15) is 5.82 Å². The molecule has 1 aliphatic carbocycles. The SMILES string of the molecule is Cc1[nH]c(C2CC2)nc1C(=O)O. The highest BCUT2D eigenvalue weighted by molar-refractivity contribution is 5.86. The molecule has 0 aromatic carbocycles. The highest BCUT2D eigenvalue weighted by Crippen LogP contribution is 2.38. The molecule has 1 aromatic heterocycles. The van der Waals surface area contributed by atoms with Crippen LogP contribution in [0, 0.1) is 6.92 Å². The molecule has 0 bridgehead atoms. The Hall–Kier alpha value is -1.32. The lowest BCUT2D eigenvalue weighted by atomic mass is 10.4. The number of aromatic amines is 1. The zero-order valence-corrected chi connectivity index (χ0v) is 6.79. The largest absolute Gasteiger partial charge is 0.476 e. The van der Waals surface area contributed by atoms with Crippen molar-refractivity contribution in [2.24, 2.45) is 0 Å². The van der Waals surface area contributed by atoms with Crippen molar-refractivity contribution >= 4 is 5.97 Å².